The maximum Gasteiger partial charge on any atom is 0.227 e. The first kappa shape index (κ1) is 10.2. The molecule has 1 aromatic heterocycles. The molecule has 0 radical (unpaired) electrons. The van der Waals surface area contributed by atoms with E-state index in [9.17, 15) is 9.90 Å². The van der Waals surface area contributed by atoms with Crippen molar-refractivity contribution in [1.82, 2.24) is 0 Å². The van der Waals surface area contributed by atoms with Gasteiger partial charge in [-0.25, -0.2) is 0 Å². The predicted octanol–water partition coefficient (Wildman–Crippen LogP) is 2.52. The van der Waals surface area contributed by atoms with Gasteiger partial charge in [0.25, 0.3) is 0 Å². The van der Waals surface area contributed by atoms with Crippen LogP contribution in [-0.4, -0.2) is 5.11 Å². The van der Waals surface area contributed by atoms with Gasteiger partial charge in [0.2, 0.25) is 11.2 Å². The zero-order valence-electron chi connectivity index (χ0n) is 8.46. The molecule has 2 aromatic rings. The summed E-state index contributed by atoms with van der Waals surface area (Å²) in [6.07, 6.45) is 4.58. The van der Waals surface area contributed by atoms with Gasteiger partial charge < -0.3 is 9.52 Å². The lowest BCUT2D eigenvalue weighted by molar-refractivity contribution is 0.424. The van der Waals surface area contributed by atoms with Crippen molar-refractivity contribution >= 4 is 12.2 Å². The first-order chi connectivity index (χ1) is 7.77. The maximum atomic E-state index is 11.1. The molecule has 0 saturated heterocycles. The fraction of sp³-hybridized carbons (Fsp3) is 0. The summed E-state index contributed by atoms with van der Waals surface area (Å²) in [7, 11) is 0. The second-order valence-corrected chi connectivity index (χ2v) is 3.24. The molecular formula is C13H10O3. The van der Waals surface area contributed by atoms with Crippen LogP contribution in [0.2, 0.25) is 0 Å². The van der Waals surface area contributed by atoms with Gasteiger partial charge in [-0.05, 0) is 11.6 Å². The molecule has 0 spiro atoms. The number of aromatic hydroxyl groups is 1. The van der Waals surface area contributed by atoms with Gasteiger partial charge in [0.05, 0.1) is 6.26 Å². The molecule has 0 unspecified atom stereocenters. The third-order valence-electron chi connectivity index (χ3n) is 2.11. The minimum atomic E-state index is -0.445. The second kappa shape index (κ2) is 4.49. The third kappa shape index (κ3) is 2.20. The first-order valence-electron chi connectivity index (χ1n) is 4.81. The van der Waals surface area contributed by atoms with Crippen LogP contribution in [0.25, 0.3) is 12.2 Å². The summed E-state index contributed by atoms with van der Waals surface area (Å²) >= 11 is 0. The highest BCUT2D eigenvalue weighted by Crippen LogP contribution is 2.14. The lowest BCUT2D eigenvalue weighted by atomic mass is 10.2. The summed E-state index contributed by atoms with van der Waals surface area (Å²) in [5.74, 6) is -0.203. The largest absolute Gasteiger partial charge is 0.502 e. The third-order valence-corrected chi connectivity index (χ3v) is 2.11. The molecular weight excluding hydrogens is 204 g/mol. The normalized spacial score (nSPS) is 10.8. The number of hydrogen-bond acceptors (Lipinski definition) is 3. The Kier molecular flexibility index (Phi) is 2.87. The lowest BCUT2D eigenvalue weighted by Gasteiger charge is -1.95. The lowest BCUT2D eigenvalue weighted by Crippen LogP contribution is -1.97. The van der Waals surface area contributed by atoms with E-state index in [0.29, 0.717) is 0 Å². The van der Waals surface area contributed by atoms with Crippen molar-refractivity contribution in [2.24, 2.45) is 0 Å². The number of benzene rings is 1. The molecule has 80 valence electrons. The summed E-state index contributed by atoms with van der Waals surface area (Å²) in [6.45, 7) is 0. The summed E-state index contributed by atoms with van der Waals surface area (Å²) in [5, 5.41) is 9.42. The zero-order chi connectivity index (χ0) is 11.4. The number of hydrogen-bond donors (Lipinski definition) is 1. The molecule has 1 aromatic carbocycles. The van der Waals surface area contributed by atoms with Crippen LogP contribution < -0.4 is 5.43 Å². The Labute approximate surface area is 92.3 Å². The average Bonchev–Trinajstić information content (AvgIpc) is 2.32. The van der Waals surface area contributed by atoms with E-state index >= 15 is 0 Å². The van der Waals surface area contributed by atoms with Crippen LogP contribution in [0.1, 0.15) is 11.3 Å². The van der Waals surface area contributed by atoms with E-state index < -0.39 is 5.43 Å². The van der Waals surface area contributed by atoms with Crippen LogP contribution in [0.5, 0.6) is 5.75 Å². The van der Waals surface area contributed by atoms with Crippen LogP contribution in [0, 0.1) is 0 Å². The summed E-state index contributed by atoms with van der Waals surface area (Å²) < 4.78 is 5.02. The van der Waals surface area contributed by atoms with Crippen molar-refractivity contribution in [3.63, 3.8) is 0 Å². The zero-order valence-corrected chi connectivity index (χ0v) is 8.46. The summed E-state index contributed by atoms with van der Waals surface area (Å²) in [5.41, 5.74) is 0.521. The highest BCUT2D eigenvalue weighted by molar-refractivity contribution is 5.69. The van der Waals surface area contributed by atoms with E-state index in [4.69, 9.17) is 4.42 Å². The van der Waals surface area contributed by atoms with Gasteiger partial charge in [-0.1, -0.05) is 36.4 Å². The van der Waals surface area contributed by atoms with Gasteiger partial charge in [0, 0.05) is 6.07 Å². The van der Waals surface area contributed by atoms with Crippen molar-refractivity contribution in [2.75, 3.05) is 0 Å². The molecule has 0 aliphatic heterocycles. The van der Waals surface area contributed by atoms with Gasteiger partial charge >= 0.3 is 0 Å². The molecule has 16 heavy (non-hydrogen) atoms. The Morgan fingerprint density at radius 2 is 1.81 bits per heavy atom. The topological polar surface area (TPSA) is 50.4 Å². The maximum absolute atomic E-state index is 11.1. The van der Waals surface area contributed by atoms with E-state index in [1.807, 2.05) is 30.3 Å². The Hall–Kier alpha value is -2.29. The average molecular weight is 214 g/mol. The van der Waals surface area contributed by atoms with Gasteiger partial charge in [0.15, 0.2) is 5.76 Å². The van der Waals surface area contributed by atoms with E-state index in [1.165, 1.54) is 12.3 Å². The van der Waals surface area contributed by atoms with Crippen molar-refractivity contribution in [2.45, 2.75) is 0 Å². The Morgan fingerprint density at radius 1 is 1.06 bits per heavy atom. The summed E-state index contributed by atoms with van der Waals surface area (Å²) in [6, 6.07) is 10.7. The van der Waals surface area contributed by atoms with Crippen LogP contribution >= 0.6 is 0 Å². The van der Waals surface area contributed by atoms with Crippen molar-refractivity contribution < 1.29 is 9.52 Å². The van der Waals surface area contributed by atoms with E-state index in [-0.39, 0.29) is 11.5 Å². The van der Waals surface area contributed by atoms with Gasteiger partial charge in [0.1, 0.15) is 0 Å². The fourth-order valence-electron chi connectivity index (χ4n) is 1.28. The first-order valence-corrected chi connectivity index (χ1v) is 4.81. The molecule has 0 amide bonds. The van der Waals surface area contributed by atoms with Crippen LogP contribution in [0.3, 0.4) is 0 Å². The number of rotatable bonds is 2. The van der Waals surface area contributed by atoms with Gasteiger partial charge in [-0.3, -0.25) is 4.79 Å². The summed E-state index contributed by atoms with van der Waals surface area (Å²) in [4.78, 5) is 11.1. The standard InChI is InChI=1S/C13H10O3/c14-11-8-9-16-12(13(11)15)7-6-10-4-2-1-3-5-10/h1-9,15H. The molecule has 2 rings (SSSR count). The van der Waals surface area contributed by atoms with Crippen LogP contribution in [-0.2, 0) is 0 Å². The van der Waals surface area contributed by atoms with Crippen molar-refractivity contribution in [3.8, 4) is 5.75 Å². The molecule has 0 fully saturated rings. The fourth-order valence-corrected chi connectivity index (χ4v) is 1.28. The molecule has 1 heterocycles. The minimum Gasteiger partial charge on any atom is -0.502 e. The Morgan fingerprint density at radius 3 is 2.56 bits per heavy atom. The second-order valence-electron chi connectivity index (χ2n) is 3.24. The molecule has 3 heteroatoms. The Balaban J connectivity index is 2.31. The predicted molar refractivity (Wildman–Crippen MR) is 62.0 cm³/mol. The van der Waals surface area contributed by atoms with E-state index in [2.05, 4.69) is 0 Å². The smallest absolute Gasteiger partial charge is 0.227 e. The minimum absolute atomic E-state index is 0.163. The molecule has 0 aliphatic rings. The highest BCUT2D eigenvalue weighted by atomic mass is 16.4. The molecule has 0 atom stereocenters. The molecule has 0 bridgehead atoms. The quantitative estimate of drug-likeness (QED) is 0.835. The van der Waals surface area contributed by atoms with Crippen molar-refractivity contribution in [3.05, 3.63) is 64.2 Å². The molecule has 0 aliphatic carbocycles. The van der Waals surface area contributed by atoms with Gasteiger partial charge in [-0.15, -0.1) is 0 Å². The molecule has 1 N–H and O–H groups in total. The highest BCUT2D eigenvalue weighted by Gasteiger charge is 2.02. The van der Waals surface area contributed by atoms with Crippen LogP contribution in [0.4, 0.5) is 0 Å². The molecule has 3 nitrogen and oxygen atoms in total. The molecule has 0 saturated carbocycles. The van der Waals surface area contributed by atoms with Crippen molar-refractivity contribution in [1.29, 1.82) is 0 Å². The van der Waals surface area contributed by atoms with E-state index in [0.717, 1.165) is 5.56 Å². The monoisotopic (exact) mass is 214 g/mol. The van der Waals surface area contributed by atoms with Gasteiger partial charge in [-0.2, -0.15) is 0 Å². The van der Waals surface area contributed by atoms with Crippen LogP contribution in [0.15, 0.2) is 51.9 Å². The SMILES string of the molecule is O=c1ccoc(C=Cc2ccccc2)c1O. The Bertz CT molecular complexity index is 553. The van der Waals surface area contributed by atoms with E-state index in [1.54, 1.807) is 12.2 Å².